The van der Waals surface area contributed by atoms with Crippen molar-refractivity contribution in [1.29, 1.82) is 4.78 Å². The molecule has 0 aliphatic heterocycles. The Kier molecular flexibility index (Phi) is 4.81. The van der Waals surface area contributed by atoms with Crippen LogP contribution in [0.25, 0.3) is 22.6 Å². The Bertz CT molecular complexity index is 1250. The van der Waals surface area contributed by atoms with Gasteiger partial charge in [-0.15, -0.1) is 0 Å². The average Bonchev–Trinajstić information content (AvgIpc) is 2.96. The van der Waals surface area contributed by atoms with E-state index in [0.29, 0.717) is 11.3 Å². The number of hydrogen-bond donors (Lipinski definition) is 1. The van der Waals surface area contributed by atoms with E-state index in [9.17, 15) is 12.6 Å². The summed E-state index contributed by atoms with van der Waals surface area (Å²) < 4.78 is 47.4. The van der Waals surface area contributed by atoms with Crippen molar-refractivity contribution in [2.24, 2.45) is 7.05 Å². The summed E-state index contributed by atoms with van der Waals surface area (Å²) in [5.41, 5.74) is 2.29. The summed E-state index contributed by atoms with van der Waals surface area (Å²) in [7, 11) is -4.95. The molecule has 0 saturated heterocycles. The van der Waals surface area contributed by atoms with Crippen molar-refractivity contribution in [3.05, 3.63) is 30.1 Å². The highest BCUT2D eigenvalue weighted by atomic mass is 32.2. The van der Waals surface area contributed by atoms with Gasteiger partial charge in [0.25, 0.3) is 0 Å². The Labute approximate surface area is 158 Å². The van der Waals surface area contributed by atoms with Crippen LogP contribution < -0.4 is 0 Å². The zero-order chi connectivity index (χ0) is 20.0. The molecule has 0 aliphatic carbocycles. The molecule has 0 spiro atoms. The molecule has 3 aromatic rings. The van der Waals surface area contributed by atoms with Crippen LogP contribution in [-0.4, -0.2) is 43.7 Å². The van der Waals surface area contributed by atoms with Crippen LogP contribution in [0.1, 0.15) is 19.5 Å². The topological polar surface area (TPSA) is 119 Å². The third-order valence-electron chi connectivity index (χ3n) is 4.41. The molecule has 1 N–H and O–H groups in total. The zero-order valence-electron chi connectivity index (χ0n) is 15.6. The highest BCUT2D eigenvalue weighted by Gasteiger charge is 2.25. The summed E-state index contributed by atoms with van der Waals surface area (Å²) in [6.45, 7) is 5.03. The molecule has 3 aromatic heterocycles. The first-order valence-corrected chi connectivity index (χ1v) is 11.8. The standard InChI is InChI=1S/C17H21N5O3S2/c1-5-26(18,23)15-8-7-14(27(24,25)6-2)16(21-15)17-20-12-9-11(3)19-10-13(12)22(17)4/h7-10,18H,5-6H2,1-4H3. The van der Waals surface area contributed by atoms with Gasteiger partial charge in [0.1, 0.15) is 10.7 Å². The molecule has 1 unspecified atom stereocenters. The summed E-state index contributed by atoms with van der Waals surface area (Å²) in [5.74, 6) is 0.318. The van der Waals surface area contributed by atoms with Crippen LogP contribution in [0.2, 0.25) is 0 Å². The number of rotatable bonds is 5. The Balaban J connectivity index is 2.39. The molecule has 144 valence electrons. The Morgan fingerprint density at radius 2 is 1.81 bits per heavy atom. The van der Waals surface area contributed by atoms with Gasteiger partial charge in [0.05, 0.1) is 37.6 Å². The van der Waals surface area contributed by atoms with Crippen molar-refractivity contribution in [3.63, 3.8) is 0 Å². The third kappa shape index (κ3) is 3.34. The maximum atomic E-state index is 12.6. The number of fused-ring (bicyclic) bond motifs is 1. The van der Waals surface area contributed by atoms with Gasteiger partial charge in [0.15, 0.2) is 15.7 Å². The lowest BCUT2D eigenvalue weighted by atomic mass is 10.3. The van der Waals surface area contributed by atoms with E-state index in [1.165, 1.54) is 12.1 Å². The molecular formula is C17H21N5O3S2. The Hall–Kier alpha value is -2.33. The highest BCUT2D eigenvalue weighted by molar-refractivity contribution is 7.92. The number of aryl methyl sites for hydroxylation is 2. The lowest BCUT2D eigenvalue weighted by molar-refractivity contribution is 0.596. The lowest BCUT2D eigenvalue weighted by Gasteiger charge is -2.12. The number of hydrogen-bond acceptors (Lipinski definition) is 7. The predicted octanol–water partition coefficient (Wildman–Crippen LogP) is 2.56. The van der Waals surface area contributed by atoms with Gasteiger partial charge in [0, 0.05) is 18.5 Å². The van der Waals surface area contributed by atoms with E-state index in [-0.39, 0.29) is 27.1 Å². The van der Waals surface area contributed by atoms with Crippen LogP contribution in [0.5, 0.6) is 0 Å². The molecule has 3 rings (SSSR count). The molecule has 0 aliphatic rings. The zero-order valence-corrected chi connectivity index (χ0v) is 17.2. The van der Waals surface area contributed by atoms with Crippen molar-refractivity contribution in [2.45, 2.75) is 30.7 Å². The van der Waals surface area contributed by atoms with Crippen molar-refractivity contribution in [2.75, 3.05) is 11.5 Å². The molecule has 0 fully saturated rings. The average molecular weight is 408 g/mol. The molecular weight excluding hydrogens is 386 g/mol. The first-order chi connectivity index (χ1) is 12.6. The van der Waals surface area contributed by atoms with Gasteiger partial charge in [-0.3, -0.25) is 4.98 Å². The lowest BCUT2D eigenvalue weighted by Crippen LogP contribution is -2.12. The molecule has 0 aromatic carbocycles. The highest BCUT2D eigenvalue weighted by Crippen LogP contribution is 2.30. The van der Waals surface area contributed by atoms with Crippen LogP contribution in [0.3, 0.4) is 0 Å². The van der Waals surface area contributed by atoms with Gasteiger partial charge in [-0.1, -0.05) is 13.8 Å². The monoisotopic (exact) mass is 407 g/mol. The Morgan fingerprint density at radius 3 is 2.44 bits per heavy atom. The van der Waals surface area contributed by atoms with Gasteiger partial charge in [-0.25, -0.2) is 27.4 Å². The number of aromatic nitrogens is 4. The van der Waals surface area contributed by atoms with Gasteiger partial charge in [-0.05, 0) is 25.1 Å². The largest absolute Gasteiger partial charge is 0.324 e. The summed E-state index contributed by atoms with van der Waals surface area (Å²) >= 11 is 0. The molecule has 0 bridgehead atoms. The minimum absolute atomic E-state index is 0.0168. The fourth-order valence-electron chi connectivity index (χ4n) is 2.73. The van der Waals surface area contributed by atoms with Crippen molar-refractivity contribution in [1.82, 2.24) is 19.5 Å². The fourth-order valence-corrected chi connectivity index (χ4v) is 4.57. The third-order valence-corrected chi connectivity index (χ3v) is 7.88. The summed E-state index contributed by atoms with van der Waals surface area (Å²) in [6, 6.07) is 4.54. The second kappa shape index (κ2) is 6.68. The summed E-state index contributed by atoms with van der Waals surface area (Å²) in [5, 5.41) is 0.0522. The van der Waals surface area contributed by atoms with Crippen LogP contribution >= 0.6 is 0 Å². The van der Waals surface area contributed by atoms with Crippen molar-refractivity contribution in [3.8, 4) is 11.5 Å². The van der Waals surface area contributed by atoms with Gasteiger partial charge >= 0.3 is 0 Å². The van der Waals surface area contributed by atoms with Crippen molar-refractivity contribution >= 4 is 30.6 Å². The maximum absolute atomic E-state index is 12.6. The number of nitrogens with one attached hydrogen (secondary N) is 1. The summed E-state index contributed by atoms with van der Waals surface area (Å²) in [4.78, 5) is 13.1. The molecule has 0 saturated carbocycles. The second-order valence-corrected chi connectivity index (χ2v) is 10.8. The minimum Gasteiger partial charge on any atom is -0.324 e. The maximum Gasteiger partial charge on any atom is 0.180 e. The molecule has 0 amide bonds. The van der Waals surface area contributed by atoms with Gasteiger partial charge in [0.2, 0.25) is 0 Å². The smallest absolute Gasteiger partial charge is 0.180 e. The number of sulfone groups is 1. The van der Waals surface area contributed by atoms with Crippen molar-refractivity contribution < 1.29 is 12.6 Å². The van der Waals surface area contributed by atoms with E-state index in [2.05, 4.69) is 15.0 Å². The van der Waals surface area contributed by atoms with Crippen LogP contribution in [0, 0.1) is 11.7 Å². The van der Waals surface area contributed by atoms with E-state index in [1.54, 1.807) is 37.7 Å². The predicted molar refractivity (Wildman–Crippen MR) is 104 cm³/mol. The van der Waals surface area contributed by atoms with E-state index >= 15 is 0 Å². The fraction of sp³-hybridized carbons (Fsp3) is 0.353. The van der Waals surface area contributed by atoms with E-state index < -0.39 is 19.6 Å². The first kappa shape index (κ1) is 19.4. The van der Waals surface area contributed by atoms with E-state index in [1.807, 2.05) is 6.92 Å². The van der Waals surface area contributed by atoms with Gasteiger partial charge in [-0.2, -0.15) is 0 Å². The summed E-state index contributed by atoms with van der Waals surface area (Å²) in [6.07, 6.45) is 1.67. The number of nitrogens with zero attached hydrogens (tertiary/aromatic N) is 4. The van der Waals surface area contributed by atoms with Crippen LogP contribution in [0.4, 0.5) is 0 Å². The molecule has 3 heterocycles. The molecule has 1 atom stereocenters. The second-order valence-electron chi connectivity index (χ2n) is 6.17. The quantitative estimate of drug-likeness (QED) is 0.694. The van der Waals surface area contributed by atoms with E-state index in [0.717, 1.165) is 11.2 Å². The Morgan fingerprint density at radius 1 is 1.11 bits per heavy atom. The van der Waals surface area contributed by atoms with Crippen LogP contribution in [0.15, 0.2) is 34.3 Å². The molecule has 10 heteroatoms. The first-order valence-electron chi connectivity index (χ1n) is 8.40. The van der Waals surface area contributed by atoms with Crippen LogP contribution in [-0.2, 0) is 26.6 Å². The number of pyridine rings is 2. The van der Waals surface area contributed by atoms with E-state index in [4.69, 9.17) is 4.78 Å². The SMILES string of the molecule is CCS(=N)(=O)c1ccc(S(=O)(=O)CC)c(-c2nc3cc(C)ncc3n2C)n1. The number of imidazole rings is 1. The normalized spacial score (nSPS) is 14.4. The molecule has 8 nitrogen and oxygen atoms in total. The molecule has 0 radical (unpaired) electrons. The minimum atomic E-state index is -3.59. The van der Waals surface area contributed by atoms with Gasteiger partial charge < -0.3 is 4.57 Å². The molecule has 27 heavy (non-hydrogen) atoms.